The third-order valence-corrected chi connectivity index (χ3v) is 1.48. The van der Waals surface area contributed by atoms with Crippen molar-refractivity contribution < 1.29 is 0 Å². The Morgan fingerprint density at radius 2 is 1.91 bits per heavy atom. The molecule has 0 aliphatic heterocycles. The van der Waals surface area contributed by atoms with Gasteiger partial charge in [-0.1, -0.05) is 26.0 Å². The largest absolute Gasteiger partial charge is 0.326 e. The summed E-state index contributed by atoms with van der Waals surface area (Å²) in [6.45, 7) is 8.50. The Hall–Kier alpha value is -0.300. The van der Waals surface area contributed by atoms with Crippen LogP contribution < -0.4 is 5.73 Å². The number of rotatable bonds is 4. The van der Waals surface area contributed by atoms with E-state index in [2.05, 4.69) is 39.8 Å². The lowest BCUT2D eigenvalue weighted by Crippen LogP contribution is -2.31. The van der Waals surface area contributed by atoms with E-state index >= 15 is 0 Å². The van der Waals surface area contributed by atoms with E-state index < -0.39 is 0 Å². The van der Waals surface area contributed by atoms with Gasteiger partial charge >= 0.3 is 0 Å². The molecule has 11 heavy (non-hydrogen) atoms. The van der Waals surface area contributed by atoms with E-state index in [1.165, 1.54) is 0 Å². The summed E-state index contributed by atoms with van der Waals surface area (Å²) in [5, 5.41) is 0. The van der Waals surface area contributed by atoms with Gasteiger partial charge in [-0.2, -0.15) is 0 Å². The Labute approximate surface area is 70.7 Å². The zero-order valence-electron chi connectivity index (χ0n) is 8.22. The van der Waals surface area contributed by atoms with Crippen molar-refractivity contribution in [2.24, 2.45) is 11.7 Å². The highest BCUT2D eigenvalue weighted by molar-refractivity contribution is 4.87. The van der Waals surface area contributed by atoms with Crippen molar-refractivity contribution >= 4 is 0 Å². The molecule has 0 heterocycles. The van der Waals surface area contributed by atoms with Gasteiger partial charge in [-0.3, -0.25) is 0 Å². The normalized spacial score (nSPS) is 13.3. The number of nitrogens with two attached hydrogens (primary N) is 1. The van der Waals surface area contributed by atoms with Crippen LogP contribution in [0.2, 0.25) is 0 Å². The first-order valence-electron chi connectivity index (χ1n) is 4.37. The van der Waals surface area contributed by atoms with E-state index in [-0.39, 0.29) is 5.54 Å². The fraction of sp³-hybridized carbons (Fsp3) is 0.800. The lowest BCUT2D eigenvalue weighted by atomic mass is 9.99. The molecule has 0 amide bonds. The Balaban J connectivity index is 3.42. The van der Waals surface area contributed by atoms with Crippen LogP contribution in [-0.2, 0) is 0 Å². The molecule has 66 valence electrons. The number of allylic oxidation sites excluding steroid dienone is 2. The molecular weight excluding hydrogens is 134 g/mol. The molecule has 0 unspecified atom stereocenters. The SMILES string of the molecule is CC(C)/C=C/CCC(C)(C)N. The van der Waals surface area contributed by atoms with Crippen LogP contribution in [0.4, 0.5) is 0 Å². The summed E-state index contributed by atoms with van der Waals surface area (Å²) < 4.78 is 0. The topological polar surface area (TPSA) is 26.0 Å². The Morgan fingerprint density at radius 3 is 2.27 bits per heavy atom. The minimum Gasteiger partial charge on any atom is -0.326 e. The molecule has 0 saturated carbocycles. The van der Waals surface area contributed by atoms with Gasteiger partial charge in [0.2, 0.25) is 0 Å². The average Bonchev–Trinajstić information content (AvgIpc) is 1.78. The second kappa shape index (κ2) is 4.55. The predicted molar refractivity (Wildman–Crippen MR) is 51.5 cm³/mol. The van der Waals surface area contributed by atoms with Crippen LogP contribution in [0.25, 0.3) is 0 Å². The summed E-state index contributed by atoms with van der Waals surface area (Å²) in [6.07, 6.45) is 6.61. The van der Waals surface area contributed by atoms with Gasteiger partial charge in [0.05, 0.1) is 0 Å². The minimum atomic E-state index is -0.0126. The van der Waals surface area contributed by atoms with Gasteiger partial charge in [-0.15, -0.1) is 0 Å². The van der Waals surface area contributed by atoms with Crippen molar-refractivity contribution in [3.63, 3.8) is 0 Å². The van der Waals surface area contributed by atoms with Crippen molar-refractivity contribution in [2.45, 2.75) is 46.1 Å². The molecule has 0 fully saturated rings. The van der Waals surface area contributed by atoms with Crippen LogP contribution in [0.1, 0.15) is 40.5 Å². The third-order valence-electron chi connectivity index (χ3n) is 1.48. The minimum absolute atomic E-state index is 0.0126. The van der Waals surface area contributed by atoms with E-state index in [9.17, 15) is 0 Å². The van der Waals surface area contributed by atoms with E-state index in [1.54, 1.807) is 0 Å². The molecule has 0 saturated heterocycles. The Morgan fingerprint density at radius 1 is 1.36 bits per heavy atom. The van der Waals surface area contributed by atoms with Gasteiger partial charge in [0.25, 0.3) is 0 Å². The van der Waals surface area contributed by atoms with E-state index in [0.717, 1.165) is 12.8 Å². The number of hydrogen-bond acceptors (Lipinski definition) is 1. The number of hydrogen-bond donors (Lipinski definition) is 1. The standard InChI is InChI=1S/C10H21N/c1-9(2)7-5-6-8-10(3,4)11/h5,7,9H,6,8,11H2,1-4H3/b7-5+. The lowest BCUT2D eigenvalue weighted by Gasteiger charge is -2.16. The van der Waals surface area contributed by atoms with E-state index in [4.69, 9.17) is 5.73 Å². The summed E-state index contributed by atoms with van der Waals surface area (Å²) in [7, 11) is 0. The Bertz CT molecular complexity index is 117. The molecule has 0 aliphatic rings. The molecule has 0 aromatic carbocycles. The van der Waals surface area contributed by atoms with Gasteiger partial charge in [0.15, 0.2) is 0 Å². The van der Waals surface area contributed by atoms with Crippen LogP contribution in [0.3, 0.4) is 0 Å². The van der Waals surface area contributed by atoms with Crippen molar-refractivity contribution in [1.29, 1.82) is 0 Å². The fourth-order valence-corrected chi connectivity index (χ4v) is 0.824. The monoisotopic (exact) mass is 155 g/mol. The molecule has 0 atom stereocenters. The van der Waals surface area contributed by atoms with Crippen molar-refractivity contribution in [3.05, 3.63) is 12.2 Å². The van der Waals surface area contributed by atoms with Gasteiger partial charge in [0, 0.05) is 5.54 Å². The summed E-state index contributed by atoms with van der Waals surface area (Å²) in [5.41, 5.74) is 5.81. The van der Waals surface area contributed by atoms with Crippen molar-refractivity contribution in [1.82, 2.24) is 0 Å². The van der Waals surface area contributed by atoms with Gasteiger partial charge < -0.3 is 5.73 Å². The molecule has 0 aromatic heterocycles. The van der Waals surface area contributed by atoms with Crippen molar-refractivity contribution in [3.8, 4) is 0 Å². The molecule has 1 nitrogen and oxygen atoms in total. The molecule has 0 aliphatic carbocycles. The maximum Gasteiger partial charge on any atom is 0.01000 e. The first-order valence-corrected chi connectivity index (χ1v) is 4.37. The maximum absolute atomic E-state index is 5.82. The highest BCUT2D eigenvalue weighted by Gasteiger charge is 2.07. The molecule has 0 radical (unpaired) electrons. The summed E-state index contributed by atoms with van der Waals surface area (Å²) >= 11 is 0. The van der Waals surface area contributed by atoms with Gasteiger partial charge in [0.1, 0.15) is 0 Å². The smallest absolute Gasteiger partial charge is 0.01000 e. The molecule has 2 N–H and O–H groups in total. The van der Waals surface area contributed by atoms with Crippen LogP contribution in [0.5, 0.6) is 0 Å². The van der Waals surface area contributed by atoms with Crippen LogP contribution in [0, 0.1) is 5.92 Å². The highest BCUT2D eigenvalue weighted by atomic mass is 14.7. The average molecular weight is 155 g/mol. The maximum atomic E-state index is 5.82. The second-order valence-electron chi connectivity index (χ2n) is 4.20. The molecule has 1 heteroatoms. The molecular formula is C10H21N. The van der Waals surface area contributed by atoms with Gasteiger partial charge in [-0.25, -0.2) is 0 Å². The summed E-state index contributed by atoms with van der Waals surface area (Å²) in [5.74, 6) is 0.663. The predicted octanol–water partition coefficient (Wildman–Crippen LogP) is 2.72. The second-order valence-corrected chi connectivity index (χ2v) is 4.20. The quantitative estimate of drug-likeness (QED) is 0.621. The zero-order chi connectivity index (χ0) is 8.91. The summed E-state index contributed by atoms with van der Waals surface area (Å²) in [4.78, 5) is 0. The van der Waals surface area contributed by atoms with Crippen LogP contribution in [-0.4, -0.2) is 5.54 Å². The molecule has 0 bridgehead atoms. The fourth-order valence-electron chi connectivity index (χ4n) is 0.824. The first-order chi connectivity index (χ1) is 4.92. The molecule has 0 aromatic rings. The highest BCUT2D eigenvalue weighted by Crippen LogP contribution is 2.08. The van der Waals surface area contributed by atoms with Crippen LogP contribution in [0.15, 0.2) is 12.2 Å². The van der Waals surface area contributed by atoms with Crippen molar-refractivity contribution in [2.75, 3.05) is 0 Å². The molecule has 0 rings (SSSR count). The Kier molecular flexibility index (Phi) is 4.43. The van der Waals surface area contributed by atoms with Gasteiger partial charge in [-0.05, 0) is 32.6 Å². The summed E-state index contributed by atoms with van der Waals surface area (Å²) in [6, 6.07) is 0. The molecule has 0 spiro atoms. The zero-order valence-corrected chi connectivity index (χ0v) is 8.22. The lowest BCUT2D eigenvalue weighted by molar-refractivity contribution is 0.481. The van der Waals surface area contributed by atoms with E-state index in [0.29, 0.717) is 5.92 Å². The van der Waals surface area contributed by atoms with Crippen LogP contribution >= 0.6 is 0 Å². The van der Waals surface area contributed by atoms with E-state index in [1.807, 2.05) is 0 Å². The third kappa shape index (κ3) is 9.70. The first kappa shape index (κ1) is 10.7.